The maximum Gasteiger partial charge on any atom is 0.224 e. The van der Waals surface area contributed by atoms with Crippen LogP contribution in [0.1, 0.15) is 16.7 Å². The van der Waals surface area contributed by atoms with Gasteiger partial charge in [-0.1, -0.05) is 29.8 Å². The SMILES string of the molecule is COc1ccc(CNCc2cccnc2S(=O)(=O)c2ccc(C)cc2)cc1OC.Cl. The van der Waals surface area contributed by atoms with Crippen molar-refractivity contribution >= 4 is 22.2 Å². The Morgan fingerprint density at radius 3 is 2.30 bits per heavy atom. The van der Waals surface area contributed by atoms with Gasteiger partial charge in [0.2, 0.25) is 9.84 Å². The minimum atomic E-state index is -3.69. The highest BCUT2D eigenvalue weighted by Crippen LogP contribution is 2.27. The van der Waals surface area contributed by atoms with E-state index in [-0.39, 0.29) is 22.3 Å². The second-order valence-electron chi connectivity index (χ2n) is 6.58. The molecule has 3 rings (SSSR count). The van der Waals surface area contributed by atoms with Gasteiger partial charge in [0, 0.05) is 24.8 Å². The van der Waals surface area contributed by atoms with E-state index in [1.165, 1.54) is 6.20 Å². The molecule has 1 aromatic heterocycles. The van der Waals surface area contributed by atoms with E-state index in [1.807, 2.05) is 25.1 Å². The Morgan fingerprint density at radius 1 is 0.933 bits per heavy atom. The maximum atomic E-state index is 13.0. The number of aryl methyl sites for hydroxylation is 1. The van der Waals surface area contributed by atoms with Crippen molar-refractivity contribution in [2.75, 3.05) is 14.2 Å². The largest absolute Gasteiger partial charge is 0.493 e. The standard InChI is InChI=1S/C22H24N2O4S.ClH/c1-16-6-9-19(10-7-16)29(25,26)22-18(5-4-12-24-22)15-23-14-17-8-11-20(27-2)21(13-17)28-3;/h4-13,23H,14-15H2,1-3H3;1H. The Hall–Kier alpha value is -2.61. The van der Waals surface area contributed by atoms with Crippen molar-refractivity contribution in [3.05, 3.63) is 77.5 Å². The van der Waals surface area contributed by atoms with Gasteiger partial charge in [-0.2, -0.15) is 0 Å². The molecule has 8 heteroatoms. The molecule has 0 fully saturated rings. The van der Waals surface area contributed by atoms with Gasteiger partial charge in [0.25, 0.3) is 0 Å². The average molecular weight is 449 g/mol. The van der Waals surface area contributed by atoms with Gasteiger partial charge >= 0.3 is 0 Å². The summed E-state index contributed by atoms with van der Waals surface area (Å²) < 4.78 is 36.6. The lowest BCUT2D eigenvalue weighted by Crippen LogP contribution is -2.16. The van der Waals surface area contributed by atoms with Gasteiger partial charge in [0.15, 0.2) is 16.5 Å². The van der Waals surface area contributed by atoms with Gasteiger partial charge in [0.1, 0.15) is 0 Å². The maximum absolute atomic E-state index is 13.0. The van der Waals surface area contributed by atoms with Crippen molar-refractivity contribution in [3.63, 3.8) is 0 Å². The number of ether oxygens (including phenoxy) is 2. The monoisotopic (exact) mass is 448 g/mol. The van der Waals surface area contributed by atoms with Crippen LogP contribution in [-0.4, -0.2) is 27.6 Å². The summed E-state index contributed by atoms with van der Waals surface area (Å²) in [6.45, 7) is 2.82. The fourth-order valence-electron chi connectivity index (χ4n) is 2.96. The van der Waals surface area contributed by atoms with Crippen LogP contribution in [0.4, 0.5) is 0 Å². The predicted octanol–water partition coefficient (Wildman–Crippen LogP) is 3.95. The van der Waals surface area contributed by atoms with E-state index in [2.05, 4.69) is 10.3 Å². The van der Waals surface area contributed by atoms with E-state index in [9.17, 15) is 8.42 Å². The fraction of sp³-hybridized carbons (Fsp3) is 0.227. The Bertz CT molecular complexity index is 1090. The molecule has 160 valence electrons. The average Bonchev–Trinajstić information content (AvgIpc) is 2.74. The second kappa shape index (κ2) is 10.4. The first-order valence-corrected chi connectivity index (χ1v) is 10.6. The molecule has 0 radical (unpaired) electrons. The van der Waals surface area contributed by atoms with Gasteiger partial charge in [-0.15, -0.1) is 12.4 Å². The van der Waals surface area contributed by atoms with Crippen molar-refractivity contribution in [1.29, 1.82) is 0 Å². The highest BCUT2D eigenvalue weighted by molar-refractivity contribution is 7.91. The van der Waals surface area contributed by atoms with Crippen molar-refractivity contribution < 1.29 is 17.9 Å². The molecule has 1 N–H and O–H groups in total. The molecule has 3 aromatic rings. The van der Waals surface area contributed by atoms with Crippen LogP contribution in [0, 0.1) is 6.92 Å². The first-order chi connectivity index (χ1) is 14.0. The van der Waals surface area contributed by atoms with E-state index < -0.39 is 9.84 Å². The number of rotatable bonds is 8. The summed E-state index contributed by atoms with van der Waals surface area (Å²) >= 11 is 0. The topological polar surface area (TPSA) is 77.5 Å². The summed E-state index contributed by atoms with van der Waals surface area (Å²) in [6.07, 6.45) is 1.50. The molecule has 0 unspecified atom stereocenters. The van der Waals surface area contributed by atoms with Crippen molar-refractivity contribution in [2.24, 2.45) is 0 Å². The van der Waals surface area contributed by atoms with Crippen LogP contribution in [0.25, 0.3) is 0 Å². The van der Waals surface area contributed by atoms with Crippen LogP contribution in [0.15, 0.2) is 70.7 Å². The van der Waals surface area contributed by atoms with E-state index in [0.717, 1.165) is 11.1 Å². The third-order valence-corrected chi connectivity index (χ3v) is 6.30. The Balaban J connectivity index is 0.00000320. The van der Waals surface area contributed by atoms with Crippen LogP contribution in [0.3, 0.4) is 0 Å². The molecule has 30 heavy (non-hydrogen) atoms. The first kappa shape index (κ1) is 23.7. The number of methoxy groups -OCH3 is 2. The summed E-state index contributed by atoms with van der Waals surface area (Å²) in [4.78, 5) is 4.40. The van der Waals surface area contributed by atoms with Crippen LogP contribution in [0.2, 0.25) is 0 Å². The number of halogens is 1. The lowest BCUT2D eigenvalue weighted by molar-refractivity contribution is 0.354. The number of pyridine rings is 1. The zero-order chi connectivity index (χ0) is 20.9. The zero-order valence-electron chi connectivity index (χ0n) is 17.1. The summed E-state index contributed by atoms with van der Waals surface area (Å²) in [5, 5.41) is 3.35. The lowest BCUT2D eigenvalue weighted by atomic mass is 10.2. The molecule has 0 saturated heterocycles. The van der Waals surface area contributed by atoms with Gasteiger partial charge in [-0.25, -0.2) is 13.4 Å². The molecule has 0 amide bonds. The summed E-state index contributed by atoms with van der Waals surface area (Å²) in [5.41, 5.74) is 2.62. The molecule has 2 aromatic carbocycles. The minimum Gasteiger partial charge on any atom is -0.493 e. The Kier molecular flexibility index (Phi) is 8.23. The van der Waals surface area contributed by atoms with Gasteiger partial charge in [-0.05, 0) is 42.8 Å². The molecule has 0 spiro atoms. The van der Waals surface area contributed by atoms with E-state index in [1.54, 1.807) is 50.6 Å². The highest BCUT2D eigenvalue weighted by Gasteiger charge is 2.22. The van der Waals surface area contributed by atoms with Gasteiger partial charge < -0.3 is 14.8 Å². The van der Waals surface area contributed by atoms with Crippen LogP contribution in [0.5, 0.6) is 11.5 Å². The number of hydrogen-bond donors (Lipinski definition) is 1. The van der Waals surface area contributed by atoms with E-state index in [4.69, 9.17) is 9.47 Å². The van der Waals surface area contributed by atoms with Crippen LogP contribution in [-0.2, 0) is 22.9 Å². The van der Waals surface area contributed by atoms with Crippen molar-refractivity contribution in [2.45, 2.75) is 29.9 Å². The van der Waals surface area contributed by atoms with Gasteiger partial charge in [-0.3, -0.25) is 0 Å². The lowest BCUT2D eigenvalue weighted by Gasteiger charge is -2.12. The van der Waals surface area contributed by atoms with Crippen LogP contribution >= 0.6 is 12.4 Å². The normalized spacial score (nSPS) is 10.9. The Morgan fingerprint density at radius 2 is 1.63 bits per heavy atom. The first-order valence-electron chi connectivity index (χ1n) is 9.13. The van der Waals surface area contributed by atoms with Crippen molar-refractivity contribution in [3.8, 4) is 11.5 Å². The smallest absolute Gasteiger partial charge is 0.224 e. The molecule has 0 saturated carbocycles. The number of sulfone groups is 1. The molecule has 0 aliphatic rings. The summed E-state index contributed by atoms with van der Waals surface area (Å²) in [7, 11) is -0.507. The molecule has 1 heterocycles. The van der Waals surface area contributed by atoms with E-state index >= 15 is 0 Å². The molecule has 0 atom stereocenters. The van der Waals surface area contributed by atoms with Gasteiger partial charge in [0.05, 0.1) is 19.1 Å². The molecule has 0 aliphatic heterocycles. The molecular formula is C22H25ClN2O4S. The quantitative estimate of drug-likeness (QED) is 0.562. The minimum absolute atomic E-state index is 0. The number of benzene rings is 2. The molecule has 0 aliphatic carbocycles. The fourth-order valence-corrected chi connectivity index (χ4v) is 4.36. The third-order valence-electron chi connectivity index (χ3n) is 4.53. The number of hydrogen-bond acceptors (Lipinski definition) is 6. The number of aromatic nitrogens is 1. The molecular weight excluding hydrogens is 424 g/mol. The number of nitrogens with zero attached hydrogens (tertiary/aromatic N) is 1. The predicted molar refractivity (Wildman–Crippen MR) is 118 cm³/mol. The summed E-state index contributed by atoms with van der Waals surface area (Å²) in [5.74, 6) is 1.31. The third kappa shape index (κ3) is 5.30. The number of nitrogens with one attached hydrogen (secondary N) is 1. The van der Waals surface area contributed by atoms with Crippen LogP contribution < -0.4 is 14.8 Å². The molecule has 6 nitrogen and oxygen atoms in total. The highest BCUT2D eigenvalue weighted by atomic mass is 35.5. The van der Waals surface area contributed by atoms with Crippen molar-refractivity contribution in [1.82, 2.24) is 10.3 Å². The molecule has 0 bridgehead atoms. The summed E-state index contributed by atoms with van der Waals surface area (Å²) in [6, 6.07) is 16.0. The Labute approximate surface area is 183 Å². The second-order valence-corrected chi connectivity index (χ2v) is 8.44. The zero-order valence-corrected chi connectivity index (χ0v) is 18.7. The van der Waals surface area contributed by atoms with E-state index in [0.29, 0.717) is 30.2 Å².